The van der Waals surface area contributed by atoms with Crippen LogP contribution in [0.5, 0.6) is 0 Å². The van der Waals surface area contributed by atoms with E-state index in [0.29, 0.717) is 6.42 Å². The van der Waals surface area contributed by atoms with Crippen molar-refractivity contribution in [3.05, 3.63) is 145 Å². The second-order valence-corrected chi connectivity index (χ2v) is 41.7. The molecular formula is C91H158N6O11S2. The zero-order chi connectivity index (χ0) is 89.5. The zero-order valence-electron chi connectivity index (χ0n) is 75.9. The maximum atomic E-state index is 11.4. The molecule has 3 amide bonds. The molecule has 3 rings (SSSR count). The minimum Gasteiger partial charge on any atom is -0.396 e. The number of terminal acetylenes is 2. The first kappa shape index (κ1) is 119. The third-order valence-electron chi connectivity index (χ3n) is 14.2. The van der Waals surface area contributed by atoms with Gasteiger partial charge < -0.3 is 20.6 Å². The predicted molar refractivity (Wildman–Crippen MR) is 472 cm³/mol. The summed E-state index contributed by atoms with van der Waals surface area (Å²) in [6.07, 6.45) is 34.0. The Morgan fingerprint density at radius 1 is 0.564 bits per heavy atom. The van der Waals surface area contributed by atoms with Crippen LogP contribution < -0.4 is 15.4 Å². The van der Waals surface area contributed by atoms with Crippen molar-refractivity contribution < 1.29 is 50.7 Å². The van der Waals surface area contributed by atoms with E-state index in [4.69, 9.17) is 18.0 Å². The molecule has 0 aliphatic heterocycles. The molecule has 0 saturated heterocycles. The summed E-state index contributed by atoms with van der Waals surface area (Å²) in [7, 11) is -6.34. The fourth-order valence-corrected chi connectivity index (χ4v) is 8.99. The highest BCUT2D eigenvalue weighted by molar-refractivity contribution is 7.95. The number of hydrogen-bond acceptors (Lipinski definition) is 13. The Labute approximate surface area is 674 Å². The summed E-state index contributed by atoms with van der Waals surface area (Å²) < 4.78 is 45.1. The maximum absolute atomic E-state index is 11.4. The number of aryl methyl sites for hydroxylation is 1. The van der Waals surface area contributed by atoms with Gasteiger partial charge in [0.15, 0.2) is 21.4 Å². The van der Waals surface area contributed by atoms with Gasteiger partial charge in [0.05, 0.1) is 4.75 Å². The first-order valence-corrected chi connectivity index (χ1v) is 40.8. The molecule has 19 heteroatoms. The Morgan fingerprint density at radius 2 is 0.991 bits per heavy atom. The molecule has 2 aliphatic carbocycles. The van der Waals surface area contributed by atoms with Gasteiger partial charge in [0.2, 0.25) is 27.6 Å². The van der Waals surface area contributed by atoms with Crippen molar-refractivity contribution in [2.45, 2.75) is 332 Å². The quantitative estimate of drug-likeness (QED) is 0.0815. The second-order valence-electron chi connectivity index (χ2n) is 37.4. The number of nitrogens with one attached hydrogen (secondary N) is 3. The lowest BCUT2D eigenvalue weighted by atomic mass is 9.79. The standard InChI is InChI=1S/C12H20.C11H18.C10H19NO.C9H14N2.C9H16O2.C7H13NO.C7H11NO.C7H12O.C7H10O.C6H13NO2S.C6H12O2S/c1-10(12(2,3)4)11-8-6-5-7-9-11;1-9(11(2,3)4)10-7-5-6-8-10;1-6-8-11(9(12)7-2)10(3,4)5;1-7-10-6-5-8(11-7)9(2,3)4;1-9(2,3)8(11)6-4-5-7-10;2*1-5-6(9)8-7(2,3)4;2*1-5-6(8)7(2,3)4;1-5-10(8,9)7-6(2,3)4;1-5-9(7,8)6(2,3)4/h8H,1,5-7,9H2,2-4H3;7H,1,5-6,8H2,2-4H3;7H,2,6,8H2,1,3-5H3;5-6H,1-4H3;4,6,10H,5,7H2,1-3H3;5H,1H2,2-4H3,(H,8,9);1H,2-4H3,(H,8,9);5H,1H2,2-4H3;1H,2-4H3;5,7H,1H2,2-4H3;5H,1H2,2-4H3/b;;;;6-4+;;;;;;. The molecule has 0 aromatic carbocycles. The highest BCUT2D eigenvalue weighted by atomic mass is 32.2. The van der Waals surface area contributed by atoms with Gasteiger partial charge in [0.25, 0.3) is 5.91 Å². The number of carbonyl (C=O) groups excluding carboxylic acids is 6. The number of allylic oxidation sites excluding steroid dienone is 8. The first-order valence-electron chi connectivity index (χ1n) is 37.7. The van der Waals surface area contributed by atoms with Crippen molar-refractivity contribution >= 4 is 54.9 Å². The van der Waals surface area contributed by atoms with Gasteiger partial charge in [-0.15, -0.1) is 12.8 Å². The normalized spacial score (nSPS) is 13.0. The van der Waals surface area contributed by atoms with Crippen molar-refractivity contribution in [3.63, 3.8) is 0 Å². The van der Waals surface area contributed by atoms with Crippen LogP contribution in [0.3, 0.4) is 0 Å². The Bertz CT molecular complexity index is 3470. The number of ketones is 3. The Morgan fingerprint density at radius 3 is 1.18 bits per heavy atom. The van der Waals surface area contributed by atoms with E-state index in [1.165, 1.54) is 91.5 Å². The molecule has 0 fully saturated rings. The van der Waals surface area contributed by atoms with Gasteiger partial charge in [-0.3, -0.25) is 28.8 Å². The summed E-state index contributed by atoms with van der Waals surface area (Å²) in [5.41, 5.74) is 5.62. The van der Waals surface area contributed by atoms with Crippen molar-refractivity contribution in [1.82, 2.24) is 30.2 Å². The van der Waals surface area contributed by atoms with Crippen LogP contribution in [0.2, 0.25) is 0 Å². The highest BCUT2D eigenvalue weighted by Crippen LogP contribution is 2.36. The maximum Gasteiger partial charge on any atom is 0.296 e. The van der Waals surface area contributed by atoms with Crippen LogP contribution in [0.4, 0.5) is 0 Å². The van der Waals surface area contributed by atoms with Gasteiger partial charge in [-0.05, 0) is 244 Å². The topological polar surface area (TPSA) is 256 Å². The van der Waals surface area contributed by atoms with Crippen molar-refractivity contribution in [1.29, 1.82) is 0 Å². The van der Waals surface area contributed by atoms with E-state index in [9.17, 15) is 45.6 Å². The summed E-state index contributed by atoms with van der Waals surface area (Å²) in [5, 5.41) is 15.6. The Balaban J connectivity index is -0.000000174. The van der Waals surface area contributed by atoms with E-state index >= 15 is 0 Å². The number of nitrogens with zero attached hydrogens (tertiary/aromatic N) is 3. The number of carbonyl (C=O) groups is 6. The number of amides is 3. The van der Waals surface area contributed by atoms with Crippen molar-refractivity contribution in [3.8, 4) is 24.7 Å². The van der Waals surface area contributed by atoms with Gasteiger partial charge in [0, 0.05) is 79.7 Å². The largest absolute Gasteiger partial charge is 0.396 e. The average Bonchev–Trinajstić information content (AvgIpc) is 0.939. The molecule has 1 aromatic rings. The highest BCUT2D eigenvalue weighted by Gasteiger charge is 2.27. The SMILES string of the molecule is C#CC(=O)C(C)(C)C.C#CC(=O)NC(C)(C)C.C=C(C1=CCCC1)C(C)(C)C.C=C(C1=CCCCC1)C(C)(C)C.C=CC(=O)C(C)(C)C.C=CC(=O)N(CCC)C(C)(C)C.C=CC(=O)NC(C)(C)C.C=CS(=O)(=O)C(C)(C)C.C=CS(=O)(=O)NC(C)(C)C.CC(C)(C)C(=O)/C=C/CCO.Cc1nccc(C(C)(C)C)n1. The molecular weight excluding hydrogens is 1420 g/mol. The van der Waals surface area contributed by atoms with E-state index in [1.54, 1.807) is 68.4 Å². The van der Waals surface area contributed by atoms with E-state index < -0.39 is 30.1 Å². The molecule has 630 valence electrons. The molecule has 0 atom stereocenters. The summed E-state index contributed by atoms with van der Waals surface area (Å²) in [5.74, 6) is 4.48. The minimum absolute atomic E-state index is 0.0179. The lowest BCUT2D eigenvalue weighted by Crippen LogP contribution is -2.45. The molecule has 110 heavy (non-hydrogen) atoms. The molecule has 1 aromatic heterocycles. The lowest BCUT2D eigenvalue weighted by molar-refractivity contribution is -0.130. The van der Waals surface area contributed by atoms with Crippen molar-refractivity contribution in [2.75, 3.05) is 13.2 Å². The second kappa shape index (κ2) is 53.7. The number of hydrogen-bond donors (Lipinski definition) is 4. The summed E-state index contributed by atoms with van der Waals surface area (Å²) >= 11 is 0. The predicted octanol–water partition coefficient (Wildman–Crippen LogP) is 20.5. The van der Waals surface area contributed by atoms with E-state index in [1.807, 2.05) is 134 Å². The molecule has 0 spiro atoms. The summed E-state index contributed by atoms with van der Waals surface area (Å²) in [6, 6.07) is 1.97. The van der Waals surface area contributed by atoms with Crippen LogP contribution in [0, 0.1) is 58.7 Å². The molecule has 1 heterocycles. The van der Waals surface area contributed by atoms with E-state index in [2.05, 4.69) is 159 Å². The monoisotopic (exact) mass is 1580 g/mol. The van der Waals surface area contributed by atoms with Crippen LogP contribution in [0.15, 0.2) is 134 Å². The fourth-order valence-electron chi connectivity index (χ4n) is 7.56. The molecule has 4 N–H and O–H groups in total. The molecule has 0 bridgehead atoms. The lowest BCUT2D eigenvalue weighted by Gasteiger charge is -2.34. The number of aliphatic hydroxyl groups excluding tert-OH is 1. The summed E-state index contributed by atoms with van der Waals surface area (Å²) in [4.78, 5) is 75.1. The van der Waals surface area contributed by atoms with Crippen LogP contribution in [-0.2, 0) is 54.0 Å². The van der Waals surface area contributed by atoms with Gasteiger partial charge in [0.1, 0.15) is 5.82 Å². The molecule has 0 unspecified atom stereocenters. The fraction of sp³-hybridized carbons (Fsp3) is 0.626. The van der Waals surface area contributed by atoms with Crippen LogP contribution >= 0.6 is 0 Å². The van der Waals surface area contributed by atoms with Crippen LogP contribution in [0.1, 0.15) is 305 Å². The third-order valence-corrected chi connectivity index (χ3v) is 17.7. The molecule has 0 radical (unpaired) electrons. The van der Waals surface area contributed by atoms with Crippen LogP contribution in [-0.4, -0.2) is 112 Å². The third kappa shape index (κ3) is 68.8. The smallest absolute Gasteiger partial charge is 0.296 e. The number of aliphatic hydroxyl groups is 1. The zero-order valence-corrected chi connectivity index (χ0v) is 77.6. The number of rotatable bonds is 13. The van der Waals surface area contributed by atoms with Gasteiger partial charge in [-0.25, -0.2) is 31.5 Å². The molecule has 17 nitrogen and oxygen atoms in total. The first-order chi connectivity index (χ1) is 48.9. The average molecular weight is 1580 g/mol. The Hall–Kier alpha value is -7.16. The number of sulfonamides is 1. The van der Waals surface area contributed by atoms with Crippen LogP contribution in [0.25, 0.3) is 0 Å². The van der Waals surface area contributed by atoms with Gasteiger partial charge in [-0.2, -0.15) is 0 Å². The van der Waals surface area contributed by atoms with Crippen molar-refractivity contribution in [2.24, 2.45) is 27.1 Å². The molecule has 2 aliphatic rings. The molecule has 0 saturated carbocycles. The Kier molecular flexibility index (Phi) is 57.9. The minimum atomic E-state index is -3.26. The van der Waals surface area contributed by atoms with E-state index in [-0.39, 0.29) is 90.8 Å². The van der Waals surface area contributed by atoms with E-state index in [0.717, 1.165) is 35.3 Å². The summed E-state index contributed by atoms with van der Waals surface area (Å²) in [6.45, 7) is 94.0. The van der Waals surface area contributed by atoms with Gasteiger partial charge in [-0.1, -0.05) is 196 Å². The number of aromatic nitrogens is 2. The number of sulfone groups is 1. The number of Topliss-reactive ketones (excluding diaryl/α,β-unsaturated/α-hetero) is 1. The van der Waals surface area contributed by atoms with Gasteiger partial charge >= 0.3 is 0 Å².